The van der Waals surface area contributed by atoms with Crippen molar-refractivity contribution in [3.05, 3.63) is 0 Å². The van der Waals surface area contributed by atoms with Crippen molar-refractivity contribution in [1.29, 1.82) is 0 Å². The first-order valence-electron chi connectivity index (χ1n) is 5.21. The molecule has 1 saturated carbocycles. The second-order valence-corrected chi connectivity index (χ2v) is 4.14. The van der Waals surface area contributed by atoms with E-state index in [1.165, 1.54) is 4.90 Å². The zero-order valence-corrected chi connectivity index (χ0v) is 8.69. The maximum Gasteiger partial charge on any atom is 0.247 e. The number of likely N-dealkylation sites (tertiary alicyclic amines) is 1. The standard InChI is InChI=1S/C11H14N2O2/c1-3-7(2)12-9-6-10(14)13(11(9)15)8-4-5-8/h1,7-9,12H,4-6H2,2H3. The molecule has 2 unspecified atom stereocenters. The largest absolute Gasteiger partial charge is 0.292 e. The number of nitrogens with one attached hydrogen (secondary N) is 1. The molecular weight excluding hydrogens is 192 g/mol. The SMILES string of the molecule is C#CC(C)NC1CC(=O)N(C2CC2)C1=O. The van der Waals surface area contributed by atoms with Crippen LogP contribution in [0, 0.1) is 12.3 Å². The van der Waals surface area contributed by atoms with Gasteiger partial charge in [0.05, 0.1) is 18.5 Å². The predicted molar refractivity (Wildman–Crippen MR) is 54.7 cm³/mol. The van der Waals surface area contributed by atoms with Crippen molar-refractivity contribution in [3.8, 4) is 12.3 Å². The molecule has 0 bridgehead atoms. The lowest BCUT2D eigenvalue weighted by Crippen LogP contribution is -2.42. The Morgan fingerprint density at radius 1 is 1.53 bits per heavy atom. The minimum atomic E-state index is -0.413. The number of carbonyl (C=O) groups is 2. The third-order valence-corrected chi connectivity index (χ3v) is 2.80. The molecule has 15 heavy (non-hydrogen) atoms. The zero-order chi connectivity index (χ0) is 11.0. The number of imide groups is 1. The molecule has 2 amide bonds. The van der Waals surface area contributed by atoms with Crippen LogP contribution in [0.3, 0.4) is 0 Å². The summed E-state index contributed by atoms with van der Waals surface area (Å²) in [6, 6.07) is -0.423. The van der Waals surface area contributed by atoms with Gasteiger partial charge in [0.1, 0.15) is 0 Å². The van der Waals surface area contributed by atoms with Gasteiger partial charge >= 0.3 is 0 Å². The average molecular weight is 206 g/mol. The molecule has 2 atom stereocenters. The predicted octanol–water partition coefficient (Wildman–Crippen LogP) is -0.112. The van der Waals surface area contributed by atoms with Crippen LogP contribution < -0.4 is 5.32 Å². The molecule has 0 radical (unpaired) electrons. The maximum atomic E-state index is 11.8. The van der Waals surface area contributed by atoms with Crippen molar-refractivity contribution in [2.45, 2.75) is 44.3 Å². The molecule has 2 fully saturated rings. The summed E-state index contributed by atoms with van der Waals surface area (Å²) in [6.45, 7) is 1.80. The summed E-state index contributed by atoms with van der Waals surface area (Å²) in [7, 11) is 0. The lowest BCUT2D eigenvalue weighted by atomic mass is 10.2. The molecule has 1 N–H and O–H groups in total. The Balaban J connectivity index is 2.02. The van der Waals surface area contributed by atoms with E-state index >= 15 is 0 Å². The highest BCUT2D eigenvalue weighted by molar-refractivity contribution is 6.06. The zero-order valence-electron chi connectivity index (χ0n) is 8.69. The third-order valence-electron chi connectivity index (χ3n) is 2.80. The number of amides is 2. The van der Waals surface area contributed by atoms with E-state index in [4.69, 9.17) is 6.42 Å². The van der Waals surface area contributed by atoms with Crippen molar-refractivity contribution in [3.63, 3.8) is 0 Å². The first-order valence-corrected chi connectivity index (χ1v) is 5.21. The Bertz CT molecular complexity index is 341. The molecule has 1 heterocycles. The lowest BCUT2D eigenvalue weighted by Gasteiger charge is -2.15. The van der Waals surface area contributed by atoms with E-state index in [2.05, 4.69) is 11.2 Å². The highest BCUT2D eigenvalue weighted by atomic mass is 16.2. The molecule has 4 nitrogen and oxygen atoms in total. The van der Waals surface area contributed by atoms with E-state index in [0.717, 1.165) is 12.8 Å². The van der Waals surface area contributed by atoms with Gasteiger partial charge in [0.15, 0.2) is 0 Å². The molecule has 4 heteroatoms. The summed E-state index contributed by atoms with van der Waals surface area (Å²) < 4.78 is 0. The quantitative estimate of drug-likeness (QED) is 0.517. The fraction of sp³-hybridized carbons (Fsp3) is 0.636. The summed E-state index contributed by atoms with van der Waals surface area (Å²) in [5, 5.41) is 2.97. The number of nitrogens with zero attached hydrogens (tertiary/aromatic N) is 1. The van der Waals surface area contributed by atoms with Crippen LogP contribution in [0.25, 0.3) is 0 Å². The molecule has 1 saturated heterocycles. The van der Waals surface area contributed by atoms with Gasteiger partial charge in [-0.3, -0.25) is 19.8 Å². The van der Waals surface area contributed by atoms with Crippen LogP contribution >= 0.6 is 0 Å². The Morgan fingerprint density at radius 3 is 2.73 bits per heavy atom. The van der Waals surface area contributed by atoms with Gasteiger partial charge in [0, 0.05) is 6.04 Å². The van der Waals surface area contributed by atoms with E-state index in [-0.39, 0.29) is 30.3 Å². The van der Waals surface area contributed by atoms with Crippen molar-refractivity contribution in [2.24, 2.45) is 0 Å². The fourth-order valence-electron chi connectivity index (χ4n) is 1.85. The lowest BCUT2D eigenvalue weighted by molar-refractivity contribution is -0.139. The molecule has 0 aromatic carbocycles. The van der Waals surface area contributed by atoms with E-state index < -0.39 is 6.04 Å². The summed E-state index contributed by atoms with van der Waals surface area (Å²) >= 11 is 0. The first kappa shape index (κ1) is 10.2. The van der Waals surface area contributed by atoms with Crippen LogP contribution in [0.1, 0.15) is 26.2 Å². The number of rotatable bonds is 3. The van der Waals surface area contributed by atoms with Gasteiger partial charge in [0.2, 0.25) is 11.8 Å². The first-order chi connectivity index (χ1) is 7.13. The monoisotopic (exact) mass is 206 g/mol. The summed E-state index contributed by atoms with van der Waals surface area (Å²) in [5.74, 6) is 2.32. The molecule has 0 aromatic rings. The van der Waals surface area contributed by atoms with Crippen LogP contribution in [0.2, 0.25) is 0 Å². The number of carbonyl (C=O) groups excluding carboxylic acids is 2. The Labute approximate surface area is 89.0 Å². The fourth-order valence-corrected chi connectivity index (χ4v) is 1.85. The summed E-state index contributed by atoms with van der Waals surface area (Å²) in [4.78, 5) is 24.8. The van der Waals surface area contributed by atoms with Crippen LogP contribution in [0.15, 0.2) is 0 Å². The van der Waals surface area contributed by atoms with Crippen molar-refractivity contribution in [2.75, 3.05) is 0 Å². The Kier molecular flexibility index (Phi) is 2.49. The van der Waals surface area contributed by atoms with Gasteiger partial charge in [0.25, 0.3) is 0 Å². The van der Waals surface area contributed by atoms with Gasteiger partial charge in [-0.05, 0) is 19.8 Å². The Morgan fingerprint density at radius 2 is 2.20 bits per heavy atom. The summed E-state index contributed by atoms with van der Waals surface area (Å²) in [6.07, 6.45) is 7.37. The number of hydrogen-bond donors (Lipinski definition) is 1. The van der Waals surface area contributed by atoms with Crippen molar-refractivity contribution in [1.82, 2.24) is 10.2 Å². The third kappa shape index (κ3) is 1.88. The van der Waals surface area contributed by atoms with Gasteiger partial charge in [-0.1, -0.05) is 5.92 Å². The van der Waals surface area contributed by atoms with Crippen molar-refractivity contribution >= 4 is 11.8 Å². The minimum Gasteiger partial charge on any atom is -0.292 e. The van der Waals surface area contributed by atoms with E-state index in [0.29, 0.717) is 0 Å². The summed E-state index contributed by atoms with van der Waals surface area (Å²) in [5.41, 5.74) is 0. The number of hydrogen-bond acceptors (Lipinski definition) is 3. The smallest absolute Gasteiger partial charge is 0.247 e. The van der Waals surface area contributed by atoms with Crippen molar-refractivity contribution < 1.29 is 9.59 Å². The minimum absolute atomic E-state index is 0.0655. The van der Waals surface area contributed by atoms with Gasteiger partial charge < -0.3 is 0 Å². The molecule has 0 aromatic heterocycles. The van der Waals surface area contributed by atoms with Gasteiger partial charge in [-0.2, -0.15) is 0 Å². The molecule has 2 rings (SSSR count). The van der Waals surface area contributed by atoms with Crippen LogP contribution in [-0.4, -0.2) is 34.8 Å². The molecule has 1 aliphatic heterocycles. The molecular formula is C11H14N2O2. The highest BCUT2D eigenvalue weighted by Gasteiger charge is 2.46. The van der Waals surface area contributed by atoms with Crippen LogP contribution in [-0.2, 0) is 9.59 Å². The van der Waals surface area contributed by atoms with E-state index in [1.54, 1.807) is 6.92 Å². The molecule has 80 valence electrons. The van der Waals surface area contributed by atoms with Gasteiger partial charge in [-0.25, -0.2) is 0 Å². The molecule has 2 aliphatic rings. The second-order valence-electron chi connectivity index (χ2n) is 4.14. The van der Waals surface area contributed by atoms with Gasteiger partial charge in [-0.15, -0.1) is 6.42 Å². The second kappa shape index (κ2) is 3.67. The highest BCUT2D eigenvalue weighted by Crippen LogP contribution is 2.31. The van der Waals surface area contributed by atoms with E-state index in [1.807, 2.05) is 0 Å². The maximum absolute atomic E-state index is 11.8. The average Bonchev–Trinajstić information content (AvgIpc) is 2.97. The topological polar surface area (TPSA) is 49.4 Å². The van der Waals surface area contributed by atoms with Crippen LogP contribution in [0.5, 0.6) is 0 Å². The molecule has 0 spiro atoms. The Hall–Kier alpha value is -1.34. The number of terminal acetylenes is 1. The normalized spacial score (nSPS) is 28.0. The van der Waals surface area contributed by atoms with E-state index in [9.17, 15) is 9.59 Å². The van der Waals surface area contributed by atoms with Crippen LogP contribution in [0.4, 0.5) is 0 Å². The molecule has 1 aliphatic carbocycles.